The van der Waals surface area contributed by atoms with Crippen molar-refractivity contribution in [2.24, 2.45) is 0 Å². The first-order valence-electron chi connectivity index (χ1n) is 7.78. The largest absolute Gasteiger partial charge is 0.298 e. The van der Waals surface area contributed by atoms with Crippen LogP contribution < -0.4 is 5.32 Å². The number of anilines is 1. The van der Waals surface area contributed by atoms with Gasteiger partial charge in [0.2, 0.25) is 0 Å². The molecule has 1 amide bonds. The molecule has 0 fully saturated rings. The van der Waals surface area contributed by atoms with Crippen molar-refractivity contribution in [2.45, 2.75) is 13.5 Å². The van der Waals surface area contributed by atoms with Crippen LogP contribution in [0.4, 0.5) is 9.52 Å². The molecule has 130 valence electrons. The molecule has 2 aromatic carbocycles. The van der Waals surface area contributed by atoms with E-state index in [-0.39, 0.29) is 11.4 Å². The number of hydrogen-bond donors (Lipinski definition) is 1. The van der Waals surface area contributed by atoms with Crippen molar-refractivity contribution in [3.63, 3.8) is 0 Å². The molecular weight excluding hydrogens is 355 g/mol. The molecule has 0 aliphatic rings. The van der Waals surface area contributed by atoms with Crippen molar-refractivity contribution in [1.82, 2.24) is 25.2 Å². The lowest BCUT2D eigenvalue weighted by Crippen LogP contribution is -2.12. The summed E-state index contributed by atoms with van der Waals surface area (Å²) in [5.74, 6) is 0.0194. The van der Waals surface area contributed by atoms with Crippen molar-refractivity contribution >= 4 is 32.6 Å². The van der Waals surface area contributed by atoms with Crippen LogP contribution in [0.3, 0.4) is 0 Å². The minimum absolute atomic E-state index is 0.264. The van der Waals surface area contributed by atoms with E-state index in [0.717, 1.165) is 11.4 Å². The predicted octanol–water partition coefficient (Wildman–Crippen LogP) is 3.03. The van der Waals surface area contributed by atoms with Gasteiger partial charge in [-0.2, -0.15) is 0 Å². The van der Waals surface area contributed by atoms with Gasteiger partial charge in [0, 0.05) is 5.56 Å². The summed E-state index contributed by atoms with van der Waals surface area (Å²) in [6.45, 7) is 2.35. The molecule has 9 heteroatoms. The maximum absolute atomic E-state index is 13.7. The minimum atomic E-state index is -0.401. The number of benzene rings is 2. The number of rotatable bonds is 4. The lowest BCUT2D eigenvalue weighted by atomic mass is 10.1. The number of carbonyl (C=O) groups is 1. The van der Waals surface area contributed by atoms with Gasteiger partial charge in [-0.3, -0.25) is 10.1 Å². The number of amides is 1. The Kier molecular flexibility index (Phi) is 4.13. The first kappa shape index (κ1) is 16.3. The molecule has 0 atom stereocenters. The molecule has 0 saturated carbocycles. The van der Waals surface area contributed by atoms with E-state index in [9.17, 15) is 9.18 Å². The minimum Gasteiger partial charge on any atom is -0.298 e. The average Bonchev–Trinajstić information content (AvgIpc) is 3.22. The van der Waals surface area contributed by atoms with E-state index in [1.807, 2.05) is 19.1 Å². The number of thiazole rings is 1. The molecule has 4 rings (SSSR count). The standard InChI is InChI=1S/C17H13FN6OS/c1-10-21-22-23-24(10)9-11-5-7-12(8-6-11)16(25)20-17-19-15-13(18)3-2-4-14(15)26-17/h2-8H,9H2,1H3,(H,19,20,25). The van der Waals surface area contributed by atoms with Gasteiger partial charge >= 0.3 is 0 Å². The topological polar surface area (TPSA) is 85.6 Å². The van der Waals surface area contributed by atoms with Gasteiger partial charge in [0.25, 0.3) is 5.91 Å². The number of tetrazole rings is 1. The second-order valence-electron chi connectivity index (χ2n) is 5.64. The quantitative estimate of drug-likeness (QED) is 0.598. The second-order valence-corrected chi connectivity index (χ2v) is 6.67. The van der Waals surface area contributed by atoms with E-state index in [1.54, 1.807) is 28.9 Å². The highest BCUT2D eigenvalue weighted by Gasteiger charge is 2.12. The molecule has 7 nitrogen and oxygen atoms in total. The molecule has 1 N–H and O–H groups in total. The fraction of sp³-hybridized carbons (Fsp3) is 0.118. The number of halogens is 1. The Morgan fingerprint density at radius 2 is 2.04 bits per heavy atom. The summed E-state index contributed by atoms with van der Waals surface area (Å²) in [6.07, 6.45) is 0. The average molecular weight is 368 g/mol. The Hall–Kier alpha value is -3.20. The molecule has 2 heterocycles. The molecule has 0 spiro atoms. The Morgan fingerprint density at radius 3 is 2.73 bits per heavy atom. The van der Waals surface area contributed by atoms with E-state index < -0.39 is 5.82 Å². The highest BCUT2D eigenvalue weighted by Crippen LogP contribution is 2.27. The van der Waals surface area contributed by atoms with Gasteiger partial charge in [-0.1, -0.05) is 29.5 Å². The Bertz CT molecular complexity index is 1090. The third kappa shape index (κ3) is 3.16. The highest BCUT2D eigenvalue weighted by atomic mass is 32.1. The van der Waals surface area contributed by atoms with Crippen molar-refractivity contribution in [1.29, 1.82) is 0 Å². The van der Waals surface area contributed by atoms with Crippen LogP contribution in [0.25, 0.3) is 10.2 Å². The predicted molar refractivity (Wildman–Crippen MR) is 95.6 cm³/mol. The zero-order chi connectivity index (χ0) is 18.1. The normalized spacial score (nSPS) is 11.0. The summed E-state index contributed by atoms with van der Waals surface area (Å²) in [5, 5.41) is 14.4. The summed E-state index contributed by atoms with van der Waals surface area (Å²) in [5.41, 5.74) is 1.72. The first-order valence-corrected chi connectivity index (χ1v) is 8.60. The Morgan fingerprint density at radius 1 is 1.23 bits per heavy atom. The van der Waals surface area contributed by atoms with Crippen molar-refractivity contribution < 1.29 is 9.18 Å². The van der Waals surface area contributed by atoms with Gasteiger partial charge in [-0.15, -0.1) is 5.10 Å². The summed E-state index contributed by atoms with van der Waals surface area (Å²) in [4.78, 5) is 16.5. The van der Waals surface area contributed by atoms with Gasteiger partial charge in [0.05, 0.1) is 11.2 Å². The monoisotopic (exact) mass is 368 g/mol. The maximum atomic E-state index is 13.7. The SMILES string of the molecule is Cc1nnnn1Cc1ccc(C(=O)Nc2nc3c(F)cccc3s2)cc1. The van der Waals surface area contributed by atoms with E-state index in [1.165, 1.54) is 17.4 Å². The van der Waals surface area contributed by atoms with E-state index in [4.69, 9.17) is 0 Å². The van der Waals surface area contributed by atoms with Crippen LogP contribution in [0.1, 0.15) is 21.7 Å². The number of fused-ring (bicyclic) bond motifs is 1. The fourth-order valence-electron chi connectivity index (χ4n) is 2.47. The lowest BCUT2D eigenvalue weighted by molar-refractivity contribution is 0.102. The van der Waals surface area contributed by atoms with Gasteiger partial charge in [-0.05, 0) is 47.2 Å². The number of nitrogens with one attached hydrogen (secondary N) is 1. The van der Waals surface area contributed by atoms with Gasteiger partial charge in [0.1, 0.15) is 17.2 Å². The second kappa shape index (κ2) is 6.60. The van der Waals surface area contributed by atoms with Gasteiger partial charge < -0.3 is 0 Å². The third-order valence-corrected chi connectivity index (χ3v) is 4.79. The molecular formula is C17H13FN6OS. The van der Waals surface area contributed by atoms with E-state index in [2.05, 4.69) is 25.8 Å². The number of para-hydroxylation sites is 1. The van der Waals surface area contributed by atoms with Crippen LogP contribution in [0.15, 0.2) is 42.5 Å². The summed E-state index contributed by atoms with van der Waals surface area (Å²) in [7, 11) is 0. The molecule has 0 unspecified atom stereocenters. The number of carbonyl (C=O) groups excluding carboxylic acids is 1. The zero-order valence-corrected chi connectivity index (χ0v) is 14.5. The molecule has 0 radical (unpaired) electrons. The molecule has 0 aliphatic carbocycles. The third-order valence-electron chi connectivity index (χ3n) is 3.85. The Balaban J connectivity index is 1.49. The Labute approximate surface area is 151 Å². The van der Waals surface area contributed by atoms with Crippen LogP contribution in [-0.4, -0.2) is 31.1 Å². The number of hydrogen-bond acceptors (Lipinski definition) is 6. The summed E-state index contributed by atoms with van der Waals surface area (Å²) >= 11 is 1.23. The molecule has 0 saturated heterocycles. The van der Waals surface area contributed by atoms with Crippen molar-refractivity contribution in [2.75, 3.05) is 5.32 Å². The smallest absolute Gasteiger partial charge is 0.257 e. The molecule has 0 bridgehead atoms. The zero-order valence-electron chi connectivity index (χ0n) is 13.7. The van der Waals surface area contributed by atoms with E-state index in [0.29, 0.717) is 21.9 Å². The fourth-order valence-corrected chi connectivity index (χ4v) is 3.34. The van der Waals surface area contributed by atoms with Crippen LogP contribution in [0, 0.1) is 12.7 Å². The van der Waals surface area contributed by atoms with E-state index >= 15 is 0 Å². The van der Waals surface area contributed by atoms with Crippen LogP contribution in [0.5, 0.6) is 0 Å². The van der Waals surface area contributed by atoms with Crippen LogP contribution >= 0.6 is 11.3 Å². The molecule has 26 heavy (non-hydrogen) atoms. The summed E-state index contributed by atoms with van der Waals surface area (Å²) in [6, 6.07) is 11.9. The first-order chi connectivity index (χ1) is 12.6. The van der Waals surface area contributed by atoms with Crippen molar-refractivity contribution in [3.8, 4) is 0 Å². The van der Waals surface area contributed by atoms with Crippen LogP contribution in [0.2, 0.25) is 0 Å². The molecule has 2 aromatic heterocycles. The summed E-state index contributed by atoms with van der Waals surface area (Å²) < 4.78 is 16.1. The molecule has 0 aliphatic heterocycles. The van der Waals surface area contributed by atoms with Crippen molar-refractivity contribution in [3.05, 3.63) is 65.2 Å². The van der Waals surface area contributed by atoms with Crippen LogP contribution in [-0.2, 0) is 6.54 Å². The number of aryl methyl sites for hydroxylation is 1. The lowest BCUT2D eigenvalue weighted by Gasteiger charge is -2.05. The number of nitrogens with zero attached hydrogens (tertiary/aromatic N) is 5. The maximum Gasteiger partial charge on any atom is 0.257 e. The highest BCUT2D eigenvalue weighted by molar-refractivity contribution is 7.22. The number of aromatic nitrogens is 5. The van der Waals surface area contributed by atoms with Gasteiger partial charge in [-0.25, -0.2) is 14.1 Å². The molecule has 4 aromatic rings. The van der Waals surface area contributed by atoms with Gasteiger partial charge in [0.15, 0.2) is 5.13 Å².